The van der Waals surface area contributed by atoms with Crippen molar-refractivity contribution in [1.82, 2.24) is 9.97 Å². The van der Waals surface area contributed by atoms with Gasteiger partial charge in [-0.2, -0.15) is 0 Å². The molecule has 0 amide bonds. The van der Waals surface area contributed by atoms with Gasteiger partial charge in [-0.1, -0.05) is 24.3 Å². The summed E-state index contributed by atoms with van der Waals surface area (Å²) < 4.78 is 5.55. The molecule has 0 aliphatic heterocycles. The van der Waals surface area contributed by atoms with Gasteiger partial charge in [-0.25, -0.2) is 9.78 Å². The first-order chi connectivity index (χ1) is 10.2. The van der Waals surface area contributed by atoms with Crippen molar-refractivity contribution >= 4 is 17.0 Å². The Hall–Kier alpha value is -2.95. The lowest BCUT2D eigenvalue weighted by molar-refractivity contribution is 0.0691. The molecule has 0 spiro atoms. The van der Waals surface area contributed by atoms with E-state index in [1.165, 1.54) is 6.07 Å². The number of hydrogen-bond acceptors (Lipinski definition) is 4. The van der Waals surface area contributed by atoms with E-state index in [0.29, 0.717) is 11.4 Å². The third-order valence-electron chi connectivity index (χ3n) is 2.99. The Morgan fingerprint density at radius 1 is 1.05 bits per heavy atom. The number of aromatic carboxylic acids is 1. The number of carboxylic acids is 1. The second kappa shape index (κ2) is 5.58. The maximum atomic E-state index is 11.1. The van der Waals surface area contributed by atoms with Crippen LogP contribution < -0.4 is 4.74 Å². The van der Waals surface area contributed by atoms with Gasteiger partial charge in [0.1, 0.15) is 17.9 Å². The van der Waals surface area contributed by atoms with Crippen LogP contribution in [0.15, 0.2) is 54.7 Å². The molecule has 1 aromatic heterocycles. The van der Waals surface area contributed by atoms with Gasteiger partial charge in [-0.05, 0) is 24.3 Å². The molecule has 3 aromatic rings. The number of benzene rings is 2. The molecule has 0 saturated heterocycles. The molecule has 3 rings (SSSR count). The highest BCUT2D eigenvalue weighted by molar-refractivity contribution is 5.90. The van der Waals surface area contributed by atoms with Gasteiger partial charge in [-0.3, -0.25) is 4.98 Å². The number of para-hydroxylation sites is 3. The molecule has 1 N–H and O–H groups in total. The molecule has 2 aromatic carbocycles. The summed E-state index contributed by atoms with van der Waals surface area (Å²) in [5.74, 6) is -0.699. The monoisotopic (exact) mass is 280 g/mol. The minimum atomic E-state index is -1.02. The van der Waals surface area contributed by atoms with Crippen LogP contribution >= 0.6 is 0 Å². The average molecular weight is 280 g/mol. The summed E-state index contributed by atoms with van der Waals surface area (Å²) in [4.78, 5) is 19.8. The number of carbonyl (C=O) groups is 1. The number of nitrogens with zero attached hydrogens (tertiary/aromatic N) is 2. The van der Waals surface area contributed by atoms with Gasteiger partial charge in [0.15, 0.2) is 0 Å². The molecular weight excluding hydrogens is 268 g/mol. The van der Waals surface area contributed by atoms with Gasteiger partial charge < -0.3 is 9.84 Å². The van der Waals surface area contributed by atoms with E-state index in [-0.39, 0.29) is 12.2 Å². The lowest BCUT2D eigenvalue weighted by Gasteiger charge is -2.08. The van der Waals surface area contributed by atoms with Crippen LogP contribution in [0.3, 0.4) is 0 Å². The topological polar surface area (TPSA) is 72.3 Å². The molecule has 21 heavy (non-hydrogen) atoms. The number of hydrogen-bond donors (Lipinski definition) is 1. The van der Waals surface area contributed by atoms with Crippen LogP contribution in [-0.2, 0) is 6.61 Å². The van der Waals surface area contributed by atoms with Crippen LogP contribution in [0.1, 0.15) is 16.1 Å². The molecule has 0 aliphatic rings. The number of rotatable bonds is 4. The molecule has 0 atom stereocenters. The van der Waals surface area contributed by atoms with E-state index < -0.39 is 5.97 Å². The fourth-order valence-electron chi connectivity index (χ4n) is 1.99. The van der Waals surface area contributed by atoms with Gasteiger partial charge in [0.25, 0.3) is 0 Å². The summed E-state index contributed by atoms with van der Waals surface area (Å²) >= 11 is 0. The van der Waals surface area contributed by atoms with Gasteiger partial charge in [0.05, 0.1) is 22.9 Å². The summed E-state index contributed by atoms with van der Waals surface area (Å²) in [7, 11) is 0. The maximum Gasteiger partial charge on any atom is 0.339 e. The summed E-state index contributed by atoms with van der Waals surface area (Å²) in [5.41, 5.74) is 2.37. The van der Waals surface area contributed by atoms with E-state index in [9.17, 15) is 4.79 Å². The molecule has 0 aliphatic carbocycles. The number of carboxylic acid groups (broad SMARTS) is 1. The summed E-state index contributed by atoms with van der Waals surface area (Å²) in [6, 6.07) is 14.1. The van der Waals surface area contributed by atoms with Crippen molar-refractivity contribution in [3.63, 3.8) is 0 Å². The Bertz CT molecular complexity index is 802. The highest BCUT2D eigenvalue weighted by Crippen LogP contribution is 2.19. The fraction of sp³-hybridized carbons (Fsp3) is 0.0625. The van der Waals surface area contributed by atoms with E-state index in [4.69, 9.17) is 9.84 Å². The molecule has 0 radical (unpaired) electrons. The van der Waals surface area contributed by atoms with Crippen molar-refractivity contribution < 1.29 is 14.6 Å². The van der Waals surface area contributed by atoms with Crippen molar-refractivity contribution in [2.24, 2.45) is 0 Å². The zero-order chi connectivity index (χ0) is 14.7. The van der Waals surface area contributed by atoms with E-state index in [1.54, 1.807) is 24.4 Å². The van der Waals surface area contributed by atoms with Crippen molar-refractivity contribution in [2.75, 3.05) is 0 Å². The first-order valence-corrected chi connectivity index (χ1v) is 6.40. The number of ether oxygens (including phenoxy) is 1. The highest BCUT2D eigenvalue weighted by atomic mass is 16.5. The van der Waals surface area contributed by atoms with E-state index in [2.05, 4.69) is 9.97 Å². The van der Waals surface area contributed by atoms with Crippen LogP contribution in [-0.4, -0.2) is 21.0 Å². The highest BCUT2D eigenvalue weighted by Gasteiger charge is 2.10. The number of fused-ring (bicyclic) bond motifs is 1. The quantitative estimate of drug-likeness (QED) is 0.795. The van der Waals surface area contributed by atoms with Crippen LogP contribution in [0.5, 0.6) is 5.75 Å². The maximum absolute atomic E-state index is 11.1. The van der Waals surface area contributed by atoms with Crippen LogP contribution in [0, 0.1) is 0 Å². The zero-order valence-electron chi connectivity index (χ0n) is 11.1. The minimum Gasteiger partial charge on any atom is -0.486 e. The Labute approximate surface area is 120 Å². The average Bonchev–Trinajstić information content (AvgIpc) is 2.53. The molecule has 0 saturated carbocycles. The lowest BCUT2D eigenvalue weighted by atomic mass is 10.2. The molecule has 1 heterocycles. The number of aromatic nitrogens is 2. The lowest BCUT2D eigenvalue weighted by Crippen LogP contribution is -2.04. The molecule has 0 unspecified atom stereocenters. The van der Waals surface area contributed by atoms with Gasteiger partial charge in [0, 0.05) is 0 Å². The predicted octanol–water partition coefficient (Wildman–Crippen LogP) is 2.91. The zero-order valence-corrected chi connectivity index (χ0v) is 11.1. The second-order valence-electron chi connectivity index (χ2n) is 4.44. The molecule has 0 bridgehead atoms. The van der Waals surface area contributed by atoms with Crippen LogP contribution in [0.4, 0.5) is 0 Å². The molecule has 0 fully saturated rings. The Kier molecular flexibility index (Phi) is 3.47. The van der Waals surface area contributed by atoms with Crippen molar-refractivity contribution in [3.8, 4) is 5.75 Å². The Morgan fingerprint density at radius 3 is 2.57 bits per heavy atom. The van der Waals surface area contributed by atoms with E-state index >= 15 is 0 Å². The van der Waals surface area contributed by atoms with Gasteiger partial charge in [-0.15, -0.1) is 0 Å². The van der Waals surface area contributed by atoms with Crippen molar-refractivity contribution in [2.45, 2.75) is 6.61 Å². The minimum absolute atomic E-state index is 0.131. The third-order valence-corrected chi connectivity index (χ3v) is 2.99. The molecule has 5 nitrogen and oxygen atoms in total. The largest absolute Gasteiger partial charge is 0.486 e. The smallest absolute Gasteiger partial charge is 0.339 e. The summed E-state index contributed by atoms with van der Waals surface area (Å²) in [6.07, 6.45) is 1.63. The molecule has 104 valence electrons. The normalized spacial score (nSPS) is 10.5. The van der Waals surface area contributed by atoms with Crippen molar-refractivity contribution in [1.29, 1.82) is 0 Å². The second-order valence-corrected chi connectivity index (χ2v) is 4.44. The third kappa shape index (κ3) is 2.81. The predicted molar refractivity (Wildman–Crippen MR) is 77.3 cm³/mol. The summed E-state index contributed by atoms with van der Waals surface area (Å²) in [5, 5.41) is 9.10. The Balaban J connectivity index is 1.82. The van der Waals surface area contributed by atoms with Crippen LogP contribution in [0.25, 0.3) is 11.0 Å². The molecular formula is C16H12N2O3. The van der Waals surface area contributed by atoms with Gasteiger partial charge in [0.2, 0.25) is 0 Å². The standard InChI is InChI=1S/C16H12N2O3/c19-16(20)12-5-1-4-8-15(12)21-10-11-9-17-13-6-2-3-7-14(13)18-11/h1-9H,10H2,(H,19,20). The summed E-state index contributed by atoms with van der Waals surface area (Å²) in [6.45, 7) is 0.169. The fourth-order valence-corrected chi connectivity index (χ4v) is 1.99. The first kappa shape index (κ1) is 13.1. The Morgan fingerprint density at radius 2 is 1.76 bits per heavy atom. The van der Waals surface area contributed by atoms with E-state index in [1.807, 2.05) is 24.3 Å². The first-order valence-electron chi connectivity index (χ1n) is 6.40. The van der Waals surface area contributed by atoms with Gasteiger partial charge >= 0.3 is 5.97 Å². The SMILES string of the molecule is O=C(O)c1ccccc1OCc1cnc2ccccc2n1. The van der Waals surface area contributed by atoms with E-state index in [0.717, 1.165) is 11.0 Å². The van der Waals surface area contributed by atoms with Crippen molar-refractivity contribution in [3.05, 3.63) is 66.0 Å². The van der Waals surface area contributed by atoms with Crippen LogP contribution in [0.2, 0.25) is 0 Å². The molecule has 5 heteroatoms.